The Hall–Kier alpha value is -1.94. The Morgan fingerprint density at radius 1 is 1.14 bits per heavy atom. The summed E-state index contributed by atoms with van der Waals surface area (Å²) in [6.45, 7) is 7.78. The van der Waals surface area contributed by atoms with Crippen LogP contribution in [0.25, 0.3) is 11.3 Å². The van der Waals surface area contributed by atoms with E-state index in [1.807, 2.05) is 19.9 Å². The molecule has 1 aromatic carbocycles. The SMILES string of the molecule is CC(C)Cn1c(-c2ccc(F)cc2)ccc(C(C)(C)O)c1=O. The lowest BCUT2D eigenvalue weighted by molar-refractivity contribution is 0.0764. The minimum atomic E-state index is -1.20. The highest BCUT2D eigenvalue weighted by Crippen LogP contribution is 2.23. The van der Waals surface area contributed by atoms with Gasteiger partial charge in [0.1, 0.15) is 5.82 Å². The van der Waals surface area contributed by atoms with Gasteiger partial charge in [-0.1, -0.05) is 13.8 Å². The van der Waals surface area contributed by atoms with Gasteiger partial charge in [0, 0.05) is 12.1 Å². The molecule has 2 aromatic rings. The first-order chi connectivity index (χ1) is 10.2. The van der Waals surface area contributed by atoms with E-state index in [1.165, 1.54) is 12.1 Å². The Balaban J connectivity index is 2.66. The fourth-order valence-corrected chi connectivity index (χ4v) is 2.46. The molecule has 1 aromatic heterocycles. The van der Waals surface area contributed by atoms with Gasteiger partial charge in [0.25, 0.3) is 5.56 Å². The number of aromatic nitrogens is 1. The predicted octanol–water partition coefficient (Wildman–Crippen LogP) is 3.54. The lowest BCUT2D eigenvalue weighted by atomic mass is 9.98. The number of rotatable bonds is 4. The van der Waals surface area contributed by atoms with Gasteiger partial charge in [-0.15, -0.1) is 0 Å². The average molecular weight is 303 g/mol. The fraction of sp³-hybridized carbons (Fsp3) is 0.389. The second-order valence-corrected chi connectivity index (χ2v) is 6.51. The topological polar surface area (TPSA) is 42.2 Å². The minimum Gasteiger partial charge on any atom is -0.386 e. The summed E-state index contributed by atoms with van der Waals surface area (Å²) in [4.78, 5) is 12.7. The molecule has 0 aliphatic rings. The number of hydrogen-bond acceptors (Lipinski definition) is 2. The molecule has 3 nitrogen and oxygen atoms in total. The number of hydrogen-bond donors (Lipinski definition) is 1. The van der Waals surface area contributed by atoms with Crippen LogP contribution in [0.4, 0.5) is 4.39 Å². The molecule has 0 fully saturated rings. The van der Waals surface area contributed by atoms with Crippen molar-refractivity contribution in [3.8, 4) is 11.3 Å². The third-order valence-electron chi connectivity index (χ3n) is 3.52. The maximum absolute atomic E-state index is 13.1. The molecule has 0 atom stereocenters. The van der Waals surface area contributed by atoms with E-state index in [0.717, 1.165) is 11.3 Å². The molecule has 0 amide bonds. The van der Waals surface area contributed by atoms with Crippen LogP contribution in [0.3, 0.4) is 0 Å². The van der Waals surface area contributed by atoms with Crippen molar-refractivity contribution >= 4 is 0 Å². The molecule has 1 heterocycles. The third kappa shape index (κ3) is 3.45. The summed E-state index contributed by atoms with van der Waals surface area (Å²) in [5.74, 6) is -0.0384. The van der Waals surface area contributed by atoms with E-state index < -0.39 is 5.60 Å². The average Bonchev–Trinajstić information content (AvgIpc) is 2.40. The van der Waals surface area contributed by atoms with Crippen molar-refractivity contribution in [1.29, 1.82) is 0 Å². The van der Waals surface area contributed by atoms with Crippen molar-refractivity contribution in [2.24, 2.45) is 5.92 Å². The first-order valence-electron chi connectivity index (χ1n) is 7.43. The van der Waals surface area contributed by atoms with Gasteiger partial charge in [0.2, 0.25) is 0 Å². The van der Waals surface area contributed by atoms with Gasteiger partial charge in [0.05, 0.1) is 11.3 Å². The monoisotopic (exact) mass is 303 g/mol. The molecule has 0 aliphatic heterocycles. The number of pyridine rings is 1. The zero-order valence-electron chi connectivity index (χ0n) is 13.4. The second-order valence-electron chi connectivity index (χ2n) is 6.51. The molecular formula is C18H22FNO2. The molecule has 2 rings (SSSR count). The third-order valence-corrected chi connectivity index (χ3v) is 3.52. The molecule has 118 valence electrons. The molecule has 0 spiro atoms. The Bertz CT molecular complexity index is 709. The van der Waals surface area contributed by atoms with Gasteiger partial charge < -0.3 is 9.67 Å². The highest BCUT2D eigenvalue weighted by atomic mass is 19.1. The first kappa shape index (κ1) is 16.4. The van der Waals surface area contributed by atoms with Crippen LogP contribution >= 0.6 is 0 Å². The number of aliphatic hydroxyl groups is 1. The van der Waals surface area contributed by atoms with E-state index in [-0.39, 0.29) is 17.3 Å². The molecule has 0 saturated carbocycles. The molecule has 0 aliphatic carbocycles. The van der Waals surface area contributed by atoms with Gasteiger partial charge in [-0.05, 0) is 61.7 Å². The Morgan fingerprint density at radius 2 is 1.73 bits per heavy atom. The zero-order valence-corrected chi connectivity index (χ0v) is 13.4. The lowest BCUT2D eigenvalue weighted by Gasteiger charge is -2.22. The molecule has 22 heavy (non-hydrogen) atoms. The van der Waals surface area contributed by atoms with Crippen molar-refractivity contribution in [3.05, 3.63) is 58.1 Å². The van der Waals surface area contributed by atoms with Crippen LogP contribution in [0.2, 0.25) is 0 Å². The second kappa shape index (κ2) is 6.05. The molecule has 4 heteroatoms. The van der Waals surface area contributed by atoms with Crippen molar-refractivity contribution in [2.45, 2.75) is 39.8 Å². The number of benzene rings is 1. The quantitative estimate of drug-likeness (QED) is 0.938. The van der Waals surface area contributed by atoms with Gasteiger partial charge in [0.15, 0.2) is 0 Å². The van der Waals surface area contributed by atoms with E-state index in [9.17, 15) is 14.3 Å². The van der Waals surface area contributed by atoms with Crippen molar-refractivity contribution in [2.75, 3.05) is 0 Å². The summed E-state index contributed by atoms with van der Waals surface area (Å²) in [6, 6.07) is 9.53. The van der Waals surface area contributed by atoms with Crippen LogP contribution in [0.1, 0.15) is 33.3 Å². The van der Waals surface area contributed by atoms with Crippen LogP contribution in [-0.2, 0) is 12.1 Å². The van der Waals surface area contributed by atoms with Crippen LogP contribution in [-0.4, -0.2) is 9.67 Å². The molecular weight excluding hydrogens is 281 g/mol. The van der Waals surface area contributed by atoms with Gasteiger partial charge in [-0.25, -0.2) is 4.39 Å². The molecule has 1 N–H and O–H groups in total. The number of nitrogens with zero attached hydrogens (tertiary/aromatic N) is 1. The zero-order chi connectivity index (χ0) is 16.5. The van der Waals surface area contributed by atoms with Crippen LogP contribution in [0.5, 0.6) is 0 Å². The summed E-state index contributed by atoms with van der Waals surface area (Å²) < 4.78 is 14.8. The molecule has 0 unspecified atom stereocenters. The van der Waals surface area contributed by atoms with E-state index in [1.54, 1.807) is 36.6 Å². The van der Waals surface area contributed by atoms with Crippen molar-refractivity contribution in [1.82, 2.24) is 4.57 Å². The largest absolute Gasteiger partial charge is 0.386 e. The van der Waals surface area contributed by atoms with Crippen molar-refractivity contribution < 1.29 is 9.50 Å². The highest BCUT2D eigenvalue weighted by Gasteiger charge is 2.22. The van der Waals surface area contributed by atoms with Gasteiger partial charge in [-0.3, -0.25) is 4.79 Å². The van der Waals surface area contributed by atoms with E-state index in [2.05, 4.69) is 0 Å². The van der Waals surface area contributed by atoms with Crippen LogP contribution in [0, 0.1) is 11.7 Å². The lowest BCUT2D eigenvalue weighted by Crippen LogP contribution is -2.33. The standard InChI is InChI=1S/C18H22FNO2/c1-12(2)11-20-16(13-5-7-14(19)8-6-13)10-9-15(17(20)21)18(3,4)22/h5-10,12,22H,11H2,1-4H3. The Morgan fingerprint density at radius 3 is 2.23 bits per heavy atom. The smallest absolute Gasteiger partial charge is 0.257 e. The van der Waals surface area contributed by atoms with E-state index in [0.29, 0.717) is 12.1 Å². The predicted molar refractivity (Wildman–Crippen MR) is 86.2 cm³/mol. The maximum Gasteiger partial charge on any atom is 0.257 e. The van der Waals surface area contributed by atoms with Crippen molar-refractivity contribution in [3.63, 3.8) is 0 Å². The minimum absolute atomic E-state index is 0.206. The van der Waals surface area contributed by atoms with Gasteiger partial charge in [-0.2, -0.15) is 0 Å². The Kier molecular flexibility index (Phi) is 4.52. The van der Waals surface area contributed by atoms with E-state index in [4.69, 9.17) is 0 Å². The van der Waals surface area contributed by atoms with Crippen LogP contribution < -0.4 is 5.56 Å². The maximum atomic E-state index is 13.1. The van der Waals surface area contributed by atoms with Gasteiger partial charge >= 0.3 is 0 Å². The van der Waals surface area contributed by atoms with Crippen LogP contribution in [0.15, 0.2) is 41.2 Å². The van der Waals surface area contributed by atoms with E-state index >= 15 is 0 Å². The summed E-state index contributed by atoms with van der Waals surface area (Å²) in [6.07, 6.45) is 0. The summed E-state index contributed by atoms with van der Waals surface area (Å²) >= 11 is 0. The normalized spacial score (nSPS) is 12.0. The fourth-order valence-electron chi connectivity index (χ4n) is 2.46. The Labute approximate surface area is 130 Å². The molecule has 0 radical (unpaired) electrons. The summed E-state index contributed by atoms with van der Waals surface area (Å²) in [5, 5.41) is 10.2. The molecule has 0 bridgehead atoms. The number of halogens is 1. The first-order valence-corrected chi connectivity index (χ1v) is 7.43. The highest BCUT2D eigenvalue weighted by molar-refractivity contribution is 5.60. The molecule has 0 saturated heterocycles. The summed E-state index contributed by atoms with van der Waals surface area (Å²) in [5.41, 5.74) is 0.465. The summed E-state index contributed by atoms with van der Waals surface area (Å²) in [7, 11) is 0.